The molecule has 1 atom stereocenters. The van der Waals surface area contributed by atoms with Gasteiger partial charge >= 0.3 is 0 Å². The molecule has 1 aromatic rings. The quantitative estimate of drug-likeness (QED) is 0.786. The second-order valence-electron chi connectivity index (χ2n) is 3.77. The second-order valence-corrected chi connectivity index (χ2v) is 6.33. The number of hydrogen-bond donors (Lipinski definition) is 0. The largest absolute Gasteiger partial charge is 0.270 e. The van der Waals surface area contributed by atoms with Gasteiger partial charge in [-0.05, 0) is 30.0 Å². The maximum atomic E-state index is 10.8. The zero-order chi connectivity index (χ0) is 12.2. The van der Waals surface area contributed by atoms with Crippen LogP contribution < -0.4 is 0 Å². The highest BCUT2D eigenvalue weighted by molar-refractivity contribution is 9.10. The van der Waals surface area contributed by atoms with Crippen LogP contribution in [0.3, 0.4) is 0 Å². The van der Waals surface area contributed by atoms with Crippen molar-refractivity contribution in [1.29, 1.82) is 0 Å². The van der Waals surface area contributed by atoms with E-state index in [4.69, 9.17) is 4.18 Å². The van der Waals surface area contributed by atoms with Gasteiger partial charge in [-0.15, -0.1) is 0 Å². The van der Waals surface area contributed by atoms with Crippen molar-refractivity contribution in [1.82, 2.24) is 0 Å². The van der Waals surface area contributed by atoms with E-state index in [1.54, 1.807) is 0 Å². The summed E-state index contributed by atoms with van der Waals surface area (Å²) in [6, 6.07) is 8.00. The third-order valence-corrected chi connectivity index (χ3v) is 3.41. The van der Waals surface area contributed by atoms with Crippen molar-refractivity contribution in [2.45, 2.75) is 19.3 Å². The average molecular weight is 307 g/mol. The van der Waals surface area contributed by atoms with Gasteiger partial charge in [0.2, 0.25) is 0 Å². The molecule has 0 N–H and O–H groups in total. The summed E-state index contributed by atoms with van der Waals surface area (Å²) in [6.07, 6.45) is 1.76. The molecule has 0 saturated heterocycles. The summed E-state index contributed by atoms with van der Waals surface area (Å²) in [5.74, 6) is 0.287. The Labute approximate surface area is 105 Å². The van der Waals surface area contributed by atoms with Crippen molar-refractivity contribution >= 4 is 26.0 Å². The van der Waals surface area contributed by atoms with Gasteiger partial charge in [0.05, 0.1) is 12.9 Å². The SMILES string of the molecule is CC(CCOS(C)(=O)=O)c1ccc(Br)cc1. The highest BCUT2D eigenvalue weighted by atomic mass is 79.9. The van der Waals surface area contributed by atoms with Gasteiger partial charge in [-0.25, -0.2) is 0 Å². The van der Waals surface area contributed by atoms with E-state index >= 15 is 0 Å². The van der Waals surface area contributed by atoms with E-state index in [-0.39, 0.29) is 12.5 Å². The molecular weight excluding hydrogens is 292 g/mol. The van der Waals surface area contributed by atoms with Gasteiger partial charge in [0, 0.05) is 4.47 Å². The molecular formula is C11H15BrO3S. The molecule has 0 bridgehead atoms. The summed E-state index contributed by atoms with van der Waals surface area (Å²) in [5.41, 5.74) is 1.18. The summed E-state index contributed by atoms with van der Waals surface area (Å²) >= 11 is 3.37. The van der Waals surface area contributed by atoms with E-state index in [0.717, 1.165) is 10.7 Å². The van der Waals surface area contributed by atoms with Gasteiger partial charge in [0.25, 0.3) is 10.1 Å². The Morgan fingerprint density at radius 1 is 1.31 bits per heavy atom. The fourth-order valence-electron chi connectivity index (χ4n) is 1.33. The molecule has 0 aliphatic heterocycles. The zero-order valence-corrected chi connectivity index (χ0v) is 11.7. The first-order valence-electron chi connectivity index (χ1n) is 4.98. The van der Waals surface area contributed by atoms with Crippen molar-refractivity contribution < 1.29 is 12.6 Å². The third kappa shape index (κ3) is 5.09. The van der Waals surface area contributed by atoms with E-state index in [9.17, 15) is 8.42 Å². The highest BCUT2D eigenvalue weighted by Gasteiger charge is 2.07. The first-order valence-corrected chi connectivity index (χ1v) is 7.59. The lowest BCUT2D eigenvalue weighted by atomic mass is 9.99. The van der Waals surface area contributed by atoms with Crippen LogP contribution in [0.4, 0.5) is 0 Å². The van der Waals surface area contributed by atoms with Gasteiger partial charge in [-0.1, -0.05) is 35.0 Å². The van der Waals surface area contributed by atoms with E-state index < -0.39 is 10.1 Å². The number of hydrogen-bond acceptors (Lipinski definition) is 3. The first-order chi connectivity index (χ1) is 7.38. The third-order valence-electron chi connectivity index (χ3n) is 2.29. The monoisotopic (exact) mass is 306 g/mol. The number of benzene rings is 1. The van der Waals surface area contributed by atoms with Gasteiger partial charge in [-0.2, -0.15) is 8.42 Å². The fourth-order valence-corrected chi connectivity index (χ4v) is 2.00. The van der Waals surface area contributed by atoms with E-state index in [0.29, 0.717) is 6.42 Å². The molecule has 3 nitrogen and oxygen atoms in total. The maximum Gasteiger partial charge on any atom is 0.264 e. The molecule has 1 aromatic carbocycles. The van der Waals surface area contributed by atoms with Crippen LogP contribution in [0, 0.1) is 0 Å². The van der Waals surface area contributed by atoms with Crippen LogP contribution in [-0.4, -0.2) is 21.3 Å². The topological polar surface area (TPSA) is 43.4 Å². The molecule has 0 fully saturated rings. The van der Waals surface area contributed by atoms with E-state index in [1.807, 2.05) is 24.3 Å². The lowest BCUT2D eigenvalue weighted by Crippen LogP contribution is -2.06. The summed E-state index contributed by atoms with van der Waals surface area (Å²) < 4.78 is 27.3. The van der Waals surface area contributed by atoms with Crippen molar-refractivity contribution in [2.75, 3.05) is 12.9 Å². The summed E-state index contributed by atoms with van der Waals surface area (Å²) in [7, 11) is -3.32. The molecule has 0 spiro atoms. The predicted molar refractivity (Wildman–Crippen MR) is 68.0 cm³/mol. The molecule has 0 aliphatic carbocycles. The Bertz CT molecular complexity index is 425. The van der Waals surface area contributed by atoms with E-state index in [1.165, 1.54) is 5.56 Å². The Morgan fingerprint density at radius 2 is 1.88 bits per heavy atom. The normalized spacial score (nSPS) is 13.7. The zero-order valence-electron chi connectivity index (χ0n) is 9.31. The molecule has 1 unspecified atom stereocenters. The van der Waals surface area contributed by atoms with Crippen molar-refractivity contribution in [2.24, 2.45) is 0 Å². The van der Waals surface area contributed by atoms with Crippen molar-refractivity contribution in [3.05, 3.63) is 34.3 Å². The molecule has 0 heterocycles. The molecule has 0 saturated carbocycles. The number of halogens is 1. The molecule has 0 amide bonds. The van der Waals surface area contributed by atoms with Crippen molar-refractivity contribution in [3.8, 4) is 0 Å². The predicted octanol–water partition coefficient (Wildman–Crippen LogP) is 2.92. The minimum Gasteiger partial charge on any atom is -0.270 e. The Morgan fingerprint density at radius 3 is 2.38 bits per heavy atom. The minimum atomic E-state index is -3.32. The lowest BCUT2D eigenvalue weighted by molar-refractivity contribution is 0.306. The van der Waals surface area contributed by atoms with Gasteiger partial charge in [-0.3, -0.25) is 4.18 Å². The first kappa shape index (κ1) is 13.7. The molecule has 0 aromatic heterocycles. The van der Waals surface area contributed by atoms with Crippen LogP contribution in [0.5, 0.6) is 0 Å². The highest BCUT2D eigenvalue weighted by Crippen LogP contribution is 2.21. The Hall–Kier alpha value is -0.390. The fraction of sp³-hybridized carbons (Fsp3) is 0.455. The van der Waals surface area contributed by atoms with Gasteiger partial charge < -0.3 is 0 Å². The van der Waals surface area contributed by atoms with Crippen LogP contribution >= 0.6 is 15.9 Å². The molecule has 90 valence electrons. The molecule has 16 heavy (non-hydrogen) atoms. The Kier molecular flexibility index (Phi) is 4.95. The summed E-state index contributed by atoms with van der Waals surface area (Å²) in [5, 5.41) is 0. The standard InChI is InChI=1S/C11H15BrO3S/c1-9(7-8-15-16(2,13)14)10-3-5-11(12)6-4-10/h3-6,9H,7-8H2,1-2H3. The van der Waals surface area contributed by atoms with Crippen LogP contribution in [0.15, 0.2) is 28.7 Å². The minimum absolute atomic E-state index is 0.232. The van der Waals surface area contributed by atoms with Gasteiger partial charge in [0.15, 0.2) is 0 Å². The maximum absolute atomic E-state index is 10.8. The van der Waals surface area contributed by atoms with E-state index in [2.05, 4.69) is 22.9 Å². The van der Waals surface area contributed by atoms with Crippen LogP contribution in [0.2, 0.25) is 0 Å². The van der Waals surface area contributed by atoms with Crippen LogP contribution in [-0.2, 0) is 14.3 Å². The van der Waals surface area contributed by atoms with Crippen molar-refractivity contribution in [3.63, 3.8) is 0 Å². The molecule has 5 heteroatoms. The Balaban J connectivity index is 2.47. The smallest absolute Gasteiger partial charge is 0.264 e. The average Bonchev–Trinajstić information content (AvgIpc) is 2.16. The molecule has 1 rings (SSSR count). The second kappa shape index (κ2) is 5.80. The van der Waals surface area contributed by atoms with Crippen LogP contribution in [0.1, 0.15) is 24.8 Å². The van der Waals surface area contributed by atoms with Crippen LogP contribution in [0.25, 0.3) is 0 Å². The molecule has 0 radical (unpaired) electrons. The molecule has 0 aliphatic rings. The van der Waals surface area contributed by atoms with Gasteiger partial charge in [0.1, 0.15) is 0 Å². The summed E-state index contributed by atoms with van der Waals surface area (Å²) in [6.45, 7) is 2.28. The summed E-state index contributed by atoms with van der Waals surface area (Å²) in [4.78, 5) is 0. The lowest BCUT2D eigenvalue weighted by Gasteiger charge is -2.11. The number of rotatable bonds is 5.